The van der Waals surface area contributed by atoms with Crippen LogP contribution in [0.2, 0.25) is 0 Å². The number of benzene rings is 1. The molecular formula is C18H24N2O2S. The molecule has 2 aromatic rings. The van der Waals surface area contributed by atoms with Crippen LogP contribution in [-0.2, 0) is 23.1 Å². The number of methoxy groups -OCH3 is 1. The molecule has 1 aromatic carbocycles. The zero-order valence-corrected chi connectivity index (χ0v) is 15.0. The number of nitrogens with one attached hydrogen (secondary N) is 1. The van der Waals surface area contributed by atoms with Gasteiger partial charge in [0.1, 0.15) is 5.75 Å². The number of carbonyl (C=O) groups is 1. The predicted molar refractivity (Wildman–Crippen MR) is 94.2 cm³/mol. The van der Waals surface area contributed by atoms with Crippen molar-refractivity contribution >= 4 is 17.2 Å². The number of nitrogens with zero attached hydrogens (tertiary/aromatic N) is 1. The Labute approximate surface area is 141 Å². The van der Waals surface area contributed by atoms with Gasteiger partial charge in [0.2, 0.25) is 5.91 Å². The molecule has 0 aliphatic heterocycles. The number of carbonyl (C=O) groups excluding carboxylic acids is 1. The molecule has 1 heterocycles. The molecule has 1 aromatic heterocycles. The van der Waals surface area contributed by atoms with E-state index >= 15 is 0 Å². The van der Waals surface area contributed by atoms with Crippen molar-refractivity contribution in [2.75, 3.05) is 13.7 Å². The highest BCUT2D eigenvalue weighted by molar-refractivity contribution is 7.09. The van der Waals surface area contributed by atoms with Gasteiger partial charge in [-0.25, -0.2) is 4.98 Å². The zero-order valence-electron chi connectivity index (χ0n) is 14.2. The molecule has 0 atom stereocenters. The molecule has 0 aliphatic rings. The number of ether oxygens (including phenoxy) is 1. The molecule has 124 valence electrons. The maximum atomic E-state index is 12.0. The van der Waals surface area contributed by atoms with Crippen molar-refractivity contribution < 1.29 is 9.53 Å². The van der Waals surface area contributed by atoms with Crippen LogP contribution >= 0.6 is 11.3 Å². The minimum Gasteiger partial charge on any atom is -0.497 e. The van der Waals surface area contributed by atoms with E-state index in [9.17, 15) is 4.79 Å². The summed E-state index contributed by atoms with van der Waals surface area (Å²) < 4.78 is 5.17. The molecule has 2 rings (SSSR count). The molecule has 0 spiro atoms. The first-order chi connectivity index (χ1) is 10.9. The van der Waals surface area contributed by atoms with Crippen LogP contribution in [0, 0.1) is 0 Å². The van der Waals surface area contributed by atoms with Crippen molar-refractivity contribution in [3.63, 3.8) is 0 Å². The molecule has 0 saturated carbocycles. The average Bonchev–Trinajstić information content (AvgIpc) is 2.96. The molecule has 1 N–H and O–H groups in total. The fraction of sp³-hybridized carbons (Fsp3) is 0.444. The van der Waals surface area contributed by atoms with Crippen LogP contribution in [0.15, 0.2) is 29.6 Å². The maximum Gasteiger partial charge on any atom is 0.224 e. The maximum absolute atomic E-state index is 12.0. The molecule has 4 nitrogen and oxygen atoms in total. The molecule has 5 heteroatoms. The summed E-state index contributed by atoms with van der Waals surface area (Å²) in [4.78, 5) is 16.6. The molecule has 0 aliphatic carbocycles. The Bertz CT molecular complexity index is 659. The lowest BCUT2D eigenvalue weighted by molar-refractivity contribution is -0.120. The Balaban J connectivity index is 1.79. The van der Waals surface area contributed by atoms with Gasteiger partial charge in [-0.15, -0.1) is 11.3 Å². The Morgan fingerprint density at radius 2 is 2.13 bits per heavy atom. The van der Waals surface area contributed by atoms with Gasteiger partial charge >= 0.3 is 0 Å². The molecule has 0 saturated heterocycles. The van der Waals surface area contributed by atoms with Crippen molar-refractivity contribution in [1.29, 1.82) is 0 Å². The molecule has 0 fully saturated rings. The minimum atomic E-state index is 0.0193. The van der Waals surface area contributed by atoms with Crippen LogP contribution in [0.4, 0.5) is 0 Å². The summed E-state index contributed by atoms with van der Waals surface area (Å²) in [5.41, 5.74) is 2.14. The Morgan fingerprint density at radius 1 is 1.35 bits per heavy atom. The summed E-state index contributed by atoms with van der Waals surface area (Å²) in [5.74, 6) is 0.790. The second-order valence-electron chi connectivity index (χ2n) is 6.50. The van der Waals surface area contributed by atoms with Crippen LogP contribution in [0.25, 0.3) is 0 Å². The van der Waals surface area contributed by atoms with Gasteiger partial charge in [0.05, 0.1) is 24.2 Å². The number of thiazole rings is 1. The first kappa shape index (κ1) is 17.5. The molecule has 0 radical (unpaired) electrons. The second kappa shape index (κ2) is 7.59. The summed E-state index contributed by atoms with van der Waals surface area (Å²) in [7, 11) is 1.62. The van der Waals surface area contributed by atoms with E-state index in [-0.39, 0.29) is 11.3 Å². The quantitative estimate of drug-likeness (QED) is 0.882. The van der Waals surface area contributed by atoms with Crippen molar-refractivity contribution in [2.24, 2.45) is 0 Å². The van der Waals surface area contributed by atoms with Gasteiger partial charge in [-0.05, 0) is 17.7 Å². The third kappa shape index (κ3) is 5.36. The number of hydrogen-bond donors (Lipinski definition) is 1. The lowest BCUT2D eigenvalue weighted by Crippen LogP contribution is -2.27. The summed E-state index contributed by atoms with van der Waals surface area (Å²) in [6, 6.07) is 7.58. The summed E-state index contributed by atoms with van der Waals surface area (Å²) in [5, 5.41) is 6.12. The topological polar surface area (TPSA) is 51.2 Å². The Morgan fingerprint density at radius 3 is 2.78 bits per heavy atom. The number of aromatic nitrogens is 1. The minimum absolute atomic E-state index is 0.0193. The third-order valence-corrected chi connectivity index (χ3v) is 4.39. The van der Waals surface area contributed by atoms with Gasteiger partial charge in [-0.2, -0.15) is 0 Å². The fourth-order valence-electron chi connectivity index (χ4n) is 2.11. The predicted octanol–water partition coefficient (Wildman–Crippen LogP) is 3.35. The van der Waals surface area contributed by atoms with Gasteiger partial charge in [0.25, 0.3) is 0 Å². The summed E-state index contributed by atoms with van der Waals surface area (Å²) in [6.07, 6.45) is 1.13. The van der Waals surface area contributed by atoms with E-state index in [1.165, 1.54) is 0 Å². The highest BCUT2D eigenvalue weighted by atomic mass is 32.1. The lowest BCUT2D eigenvalue weighted by Gasteiger charge is -2.14. The van der Waals surface area contributed by atoms with Crippen molar-refractivity contribution in [1.82, 2.24) is 10.3 Å². The van der Waals surface area contributed by atoms with Gasteiger partial charge in [-0.3, -0.25) is 4.79 Å². The second-order valence-corrected chi connectivity index (χ2v) is 7.45. The van der Waals surface area contributed by atoms with Crippen LogP contribution in [0.1, 0.15) is 37.0 Å². The van der Waals surface area contributed by atoms with E-state index in [0.717, 1.165) is 28.4 Å². The Kier molecular flexibility index (Phi) is 5.77. The van der Waals surface area contributed by atoms with Crippen LogP contribution in [-0.4, -0.2) is 24.5 Å². The van der Waals surface area contributed by atoms with E-state index in [1.807, 2.05) is 24.3 Å². The highest BCUT2D eigenvalue weighted by Gasteiger charge is 2.17. The van der Waals surface area contributed by atoms with E-state index in [2.05, 4.69) is 36.5 Å². The largest absolute Gasteiger partial charge is 0.497 e. The van der Waals surface area contributed by atoms with Crippen LogP contribution in [0.5, 0.6) is 5.75 Å². The van der Waals surface area contributed by atoms with E-state index < -0.39 is 0 Å². The normalized spacial score (nSPS) is 11.3. The average molecular weight is 332 g/mol. The number of rotatable bonds is 6. The number of hydrogen-bond acceptors (Lipinski definition) is 4. The van der Waals surface area contributed by atoms with Crippen molar-refractivity contribution in [2.45, 2.75) is 39.0 Å². The monoisotopic (exact) mass is 332 g/mol. The highest BCUT2D eigenvalue weighted by Crippen LogP contribution is 2.23. The third-order valence-electron chi connectivity index (χ3n) is 3.48. The summed E-state index contributed by atoms with van der Waals surface area (Å²) >= 11 is 1.66. The molecule has 23 heavy (non-hydrogen) atoms. The van der Waals surface area contributed by atoms with Gasteiger partial charge in [0.15, 0.2) is 0 Å². The smallest absolute Gasteiger partial charge is 0.224 e. The van der Waals surface area contributed by atoms with E-state index in [4.69, 9.17) is 4.74 Å². The molecule has 1 amide bonds. The van der Waals surface area contributed by atoms with E-state index in [1.54, 1.807) is 18.4 Å². The first-order valence-corrected chi connectivity index (χ1v) is 8.61. The van der Waals surface area contributed by atoms with Gasteiger partial charge in [0, 0.05) is 23.8 Å². The molecular weight excluding hydrogens is 308 g/mol. The van der Waals surface area contributed by atoms with Crippen molar-refractivity contribution in [3.8, 4) is 5.75 Å². The van der Waals surface area contributed by atoms with Crippen LogP contribution < -0.4 is 10.1 Å². The Hall–Kier alpha value is -1.88. The molecule has 0 bridgehead atoms. The van der Waals surface area contributed by atoms with Gasteiger partial charge in [-0.1, -0.05) is 32.9 Å². The van der Waals surface area contributed by atoms with E-state index in [0.29, 0.717) is 13.0 Å². The lowest BCUT2D eigenvalue weighted by atomic mass is 9.93. The number of amides is 1. The first-order valence-electron chi connectivity index (χ1n) is 7.73. The fourth-order valence-corrected chi connectivity index (χ4v) is 3.13. The van der Waals surface area contributed by atoms with Crippen LogP contribution in [0.3, 0.4) is 0 Å². The van der Waals surface area contributed by atoms with Gasteiger partial charge < -0.3 is 10.1 Å². The van der Waals surface area contributed by atoms with Crippen molar-refractivity contribution in [3.05, 3.63) is 45.9 Å². The summed E-state index contributed by atoms with van der Waals surface area (Å²) in [6.45, 7) is 7.07. The molecule has 0 unspecified atom stereocenters. The SMILES string of the molecule is COc1cccc(CC(=O)NCCc2nc(C(C)(C)C)cs2)c1. The standard InChI is InChI=1S/C18H24N2O2S/c1-18(2,3)15-12-23-17(20-15)8-9-19-16(21)11-13-6-5-7-14(10-13)22-4/h5-7,10,12H,8-9,11H2,1-4H3,(H,19,21). The zero-order chi connectivity index (χ0) is 16.9.